The molecule has 1 aliphatic heterocycles. The quantitative estimate of drug-likeness (QED) is 0.236. The van der Waals surface area contributed by atoms with Crippen LogP contribution in [0.2, 0.25) is 10.0 Å². The number of ether oxygens (including phenoxy) is 2. The number of benzene rings is 3. The van der Waals surface area contributed by atoms with Crippen LogP contribution in [0.4, 0.5) is 0 Å². The van der Waals surface area contributed by atoms with Crippen molar-refractivity contribution in [3.05, 3.63) is 112 Å². The fourth-order valence-corrected chi connectivity index (χ4v) is 5.53. The van der Waals surface area contributed by atoms with Gasteiger partial charge in [-0.05, 0) is 55.0 Å². The molecule has 4 heterocycles. The van der Waals surface area contributed by atoms with Crippen molar-refractivity contribution < 1.29 is 9.47 Å². The third kappa shape index (κ3) is 3.83. The maximum absolute atomic E-state index is 6.50. The van der Waals surface area contributed by atoms with Crippen LogP contribution in [0.25, 0.3) is 22.7 Å². The molecule has 0 fully saturated rings. The van der Waals surface area contributed by atoms with Crippen LogP contribution >= 0.6 is 23.2 Å². The highest BCUT2D eigenvalue weighted by Gasteiger charge is 2.38. The van der Waals surface area contributed by atoms with E-state index in [2.05, 4.69) is 10.1 Å². The normalized spacial score (nSPS) is 14.1. The fraction of sp³-hybridized carbons (Fsp3) is 0.103. The first-order chi connectivity index (χ1) is 19.0. The average molecular weight is 555 g/mol. The molecule has 3 aromatic carbocycles. The molecular formula is C29H20Cl2N6O2. The van der Waals surface area contributed by atoms with Gasteiger partial charge in [0.05, 0.1) is 40.6 Å². The molecule has 1 atom stereocenters. The Morgan fingerprint density at radius 2 is 1.72 bits per heavy atom. The molecule has 0 saturated carbocycles. The van der Waals surface area contributed by atoms with Crippen LogP contribution in [0, 0.1) is 6.92 Å². The Morgan fingerprint density at radius 1 is 0.923 bits per heavy atom. The smallest absolute Gasteiger partial charge is 0.230 e. The van der Waals surface area contributed by atoms with Crippen molar-refractivity contribution in [2.45, 2.75) is 12.8 Å². The summed E-state index contributed by atoms with van der Waals surface area (Å²) in [6.45, 7) is 1.99. The second-order valence-corrected chi connectivity index (χ2v) is 9.99. The molecule has 0 saturated heterocycles. The summed E-state index contributed by atoms with van der Waals surface area (Å²) in [4.78, 5) is 9.58. The lowest BCUT2D eigenvalue weighted by Gasteiger charge is -2.26. The van der Waals surface area contributed by atoms with E-state index in [1.165, 1.54) is 0 Å². The molecule has 0 N–H and O–H groups in total. The Balaban J connectivity index is 1.48. The molecule has 0 spiro atoms. The number of nitrogens with zero attached hydrogens (tertiary/aromatic N) is 6. The fourth-order valence-electron chi connectivity index (χ4n) is 5.04. The van der Waals surface area contributed by atoms with Gasteiger partial charge in [0, 0.05) is 10.6 Å². The minimum absolute atomic E-state index is 0.277. The zero-order valence-corrected chi connectivity index (χ0v) is 22.4. The van der Waals surface area contributed by atoms with Crippen molar-refractivity contribution in [3.8, 4) is 34.6 Å². The van der Waals surface area contributed by atoms with Crippen LogP contribution in [0.5, 0.6) is 17.5 Å². The van der Waals surface area contributed by atoms with Crippen LogP contribution in [0.1, 0.15) is 28.3 Å². The summed E-state index contributed by atoms with van der Waals surface area (Å²) in [5.41, 5.74) is 5.74. The largest absolute Gasteiger partial charge is 0.497 e. The maximum Gasteiger partial charge on any atom is 0.230 e. The van der Waals surface area contributed by atoms with E-state index in [1.807, 2.05) is 72.3 Å². The Kier molecular flexibility index (Phi) is 5.54. The molecule has 8 nitrogen and oxygen atoms in total. The lowest BCUT2D eigenvalue weighted by molar-refractivity contribution is 0.402. The number of hydrogen-bond acceptors (Lipinski definition) is 6. The van der Waals surface area contributed by atoms with Crippen molar-refractivity contribution in [3.63, 3.8) is 0 Å². The molecule has 0 radical (unpaired) electrons. The zero-order chi connectivity index (χ0) is 26.7. The van der Waals surface area contributed by atoms with Crippen molar-refractivity contribution in [2.75, 3.05) is 7.11 Å². The Morgan fingerprint density at radius 3 is 2.46 bits per heavy atom. The van der Waals surface area contributed by atoms with Crippen LogP contribution in [0.3, 0.4) is 0 Å². The summed E-state index contributed by atoms with van der Waals surface area (Å²) >= 11 is 12.6. The SMILES string of the molecule is COc1ccc(C2c3c(C)nn(-c4ccccc4)c3Oc3ncn4nc(-c5ccc(Cl)cc5Cl)nc4c32)cc1. The first kappa shape index (κ1) is 23.7. The zero-order valence-electron chi connectivity index (χ0n) is 20.8. The van der Waals surface area contributed by atoms with Gasteiger partial charge in [-0.1, -0.05) is 53.5 Å². The molecule has 39 heavy (non-hydrogen) atoms. The van der Waals surface area contributed by atoms with E-state index >= 15 is 0 Å². The van der Waals surface area contributed by atoms with Crippen LogP contribution in [-0.2, 0) is 0 Å². The lowest BCUT2D eigenvalue weighted by atomic mass is 9.84. The number of para-hydroxylation sites is 1. The summed E-state index contributed by atoms with van der Waals surface area (Å²) in [7, 11) is 1.65. The van der Waals surface area contributed by atoms with Gasteiger partial charge in [-0.2, -0.15) is 5.10 Å². The van der Waals surface area contributed by atoms with Gasteiger partial charge in [-0.25, -0.2) is 19.2 Å². The van der Waals surface area contributed by atoms with Gasteiger partial charge in [0.15, 0.2) is 11.5 Å². The van der Waals surface area contributed by atoms with E-state index in [1.54, 1.807) is 30.1 Å². The molecule has 7 rings (SSSR count). The molecule has 3 aromatic heterocycles. The maximum atomic E-state index is 6.50. The van der Waals surface area contributed by atoms with Crippen LogP contribution in [0.15, 0.2) is 79.1 Å². The Labute approximate surface area is 233 Å². The van der Waals surface area contributed by atoms with Gasteiger partial charge in [-0.15, -0.1) is 5.10 Å². The van der Waals surface area contributed by atoms with Crippen LogP contribution in [-0.4, -0.2) is 36.5 Å². The molecule has 0 aliphatic carbocycles. The predicted octanol–water partition coefficient (Wildman–Crippen LogP) is 6.89. The summed E-state index contributed by atoms with van der Waals surface area (Å²) in [5.74, 6) is 2.00. The predicted molar refractivity (Wildman–Crippen MR) is 149 cm³/mol. The highest BCUT2D eigenvalue weighted by molar-refractivity contribution is 6.36. The van der Waals surface area contributed by atoms with Gasteiger partial charge in [0.1, 0.15) is 12.1 Å². The average Bonchev–Trinajstić information content (AvgIpc) is 3.53. The van der Waals surface area contributed by atoms with Gasteiger partial charge in [-0.3, -0.25) is 0 Å². The van der Waals surface area contributed by atoms with Gasteiger partial charge in [0.25, 0.3) is 0 Å². The number of methoxy groups -OCH3 is 1. The minimum Gasteiger partial charge on any atom is -0.497 e. The first-order valence-electron chi connectivity index (χ1n) is 12.2. The molecule has 192 valence electrons. The molecular weight excluding hydrogens is 535 g/mol. The Hall–Kier alpha value is -4.40. The standard InChI is InChI=1S/C29H20Cl2N6O2/c1-16-23-24(17-8-11-20(38-2)12-9-17)25-27-33-26(21-13-10-18(30)14-22(21)31)35-36(27)15-32-28(25)39-29(23)37(34-16)19-6-4-3-5-7-19/h3-15,24H,1-2H3. The van der Waals surface area contributed by atoms with Gasteiger partial charge < -0.3 is 9.47 Å². The first-order valence-corrected chi connectivity index (χ1v) is 12.9. The number of hydrogen-bond donors (Lipinski definition) is 0. The summed E-state index contributed by atoms with van der Waals surface area (Å²) < 4.78 is 15.4. The number of fused-ring (bicyclic) bond motifs is 4. The highest BCUT2D eigenvalue weighted by Crippen LogP contribution is 2.50. The summed E-state index contributed by atoms with van der Waals surface area (Å²) in [5, 5.41) is 10.6. The molecule has 1 aliphatic rings. The van der Waals surface area contributed by atoms with Gasteiger partial charge >= 0.3 is 0 Å². The number of rotatable bonds is 4. The minimum atomic E-state index is -0.277. The molecule has 1 unspecified atom stereocenters. The van der Waals surface area contributed by atoms with E-state index in [9.17, 15) is 0 Å². The number of aryl methyl sites for hydroxylation is 1. The van der Waals surface area contributed by atoms with Crippen molar-refractivity contribution in [1.29, 1.82) is 0 Å². The highest BCUT2D eigenvalue weighted by atomic mass is 35.5. The van der Waals surface area contributed by atoms with Crippen molar-refractivity contribution >= 4 is 28.8 Å². The number of halogens is 2. The van der Waals surface area contributed by atoms with E-state index in [0.29, 0.717) is 38.8 Å². The van der Waals surface area contributed by atoms with E-state index < -0.39 is 0 Å². The Bertz CT molecular complexity index is 1870. The topological polar surface area (TPSA) is 79.4 Å². The van der Waals surface area contributed by atoms with Crippen LogP contribution < -0.4 is 9.47 Å². The molecule has 10 heteroatoms. The van der Waals surface area contributed by atoms with E-state index in [4.69, 9.17) is 42.8 Å². The second kappa shape index (κ2) is 9.11. The number of aromatic nitrogens is 6. The second-order valence-electron chi connectivity index (χ2n) is 9.15. The van der Waals surface area contributed by atoms with E-state index in [-0.39, 0.29) is 5.92 Å². The molecule has 6 aromatic rings. The van der Waals surface area contributed by atoms with Crippen molar-refractivity contribution in [2.24, 2.45) is 0 Å². The summed E-state index contributed by atoms with van der Waals surface area (Å²) in [6.07, 6.45) is 1.60. The van der Waals surface area contributed by atoms with Crippen molar-refractivity contribution in [1.82, 2.24) is 29.4 Å². The third-order valence-corrected chi connectivity index (χ3v) is 7.39. The monoisotopic (exact) mass is 554 g/mol. The summed E-state index contributed by atoms with van der Waals surface area (Å²) in [6, 6.07) is 23.1. The lowest BCUT2D eigenvalue weighted by Crippen LogP contribution is -2.16. The van der Waals surface area contributed by atoms with E-state index in [0.717, 1.165) is 33.8 Å². The molecule has 0 amide bonds. The third-order valence-electron chi connectivity index (χ3n) is 6.84. The van der Waals surface area contributed by atoms with Gasteiger partial charge in [0.2, 0.25) is 11.8 Å². The molecule has 0 bridgehead atoms.